The molecule has 0 radical (unpaired) electrons. The van der Waals surface area contributed by atoms with E-state index in [4.69, 9.17) is 15.0 Å². The van der Waals surface area contributed by atoms with Gasteiger partial charge in [0.15, 0.2) is 17.5 Å². The Morgan fingerprint density at radius 3 is 0.791 bits per heavy atom. The molecule has 5 aromatic heterocycles. The highest BCUT2D eigenvalue weighted by Gasteiger charge is 2.37. The summed E-state index contributed by atoms with van der Waals surface area (Å²) in [4.78, 5) is 17.0. The number of aryl methyl sites for hydroxylation is 8. The Morgan fingerprint density at radius 1 is 0.267 bits per heavy atom. The zero-order valence-electron chi connectivity index (χ0n) is 49.2. The molecule has 0 saturated heterocycles. The highest BCUT2D eigenvalue weighted by molar-refractivity contribution is 6.17. The van der Waals surface area contributed by atoms with Crippen molar-refractivity contribution in [1.29, 1.82) is 5.26 Å². The zero-order chi connectivity index (χ0) is 58.4. The number of aromatic nitrogens is 7. The lowest BCUT2D eigenvalue weighted by Crippen LogP contribution is -2.17. The molecular formula is C78H58N8. The Hall–Kier alpha value is -10.9. The van der Waals surface area contributed by atoms with Gasteiger partial charge in [-0.2, -0.15) is 5.26 Å². The summed E-state index contributed by atoms with van der Waals surface area (Å²) in [7, 11) is 0. The van der Waals surface area contributed by atoms with Gasteiger partial charge in [-0.15, -0.1) is 0 Å². The molecule has 5 heterocycles. The van der Waals surface area contributed by atoms with Crippen LogP contribution in [0, 0.1) is 66.7 Å². The summed E-state index contributed by atoms with van der Waals surface area (Å²) in [6.07, 6.45) is 0. The van der Waals surface area contributed by atoms with Gasteiger partial charge in [0, 0.05) is 54.2 Å². The predicted octanol–water partition coefficient (Wildman–Crippen LogP) is 19.6. The predicted molar refractivity (Wildman–Crippen MR) is 356 cm³/mol. The van der Waals surface area contributed by atoms with E-state index >= 15 is 0 Å². The molecule has 0 unspecified atom stereocenters. The van der Waals surface area contributed by atoms with Gasteiger partial charge in [0.2, 0.25) is 0 Å². The summed E-state index contributed by atoms with van der Waals surface area (Å²) in [5.74, 6) is 1.43. The number of fused-ring (bicyclic) bond motifs is 12. The minimum atomic E-state index is 0.413. The second-order valence-corrected chi connectivity index (χ2v) is 23.8. The van der Waals surface area contributed by atoms with Crippen LogP contribution in [-0.2, 0) is 0 Å². The van der Waals surface area contributed by atoms with Crippen LogP contribution in [0.25, 0.3) is 144 Å². The standard InChI is InChI=1S/C78H58N8/c1-44-19-27-63-54(35-44)55-36-45(2)20-28-64(55)83(63)72-62(43-79)73(84-65-29-21-46(3)37-56(65)57-38-47(4)22-30-66(57)84)75(86-69-33-25-50(7)41-60(69)61-42-51(8)26-34-70(61)86)74(85-67-31-23-48(5)39-58(67)59-40-49(6)24-32-68(59)85)71(72)78-81-76(52-15-11-9-12-16-52)80-77(82-78)53-17-13-10-14-18-53/h9-42H,1-8H3. The molecule has 16 rings (SSSR count). The lowest BCUT2D eigenvalue weighted by atomic mass is 9.97. The molecular weight excluding hydrogens is 1050 g/mol. The Morgan fingerprint density at radius 2 is 0.512 bits per heavy atom. The van der Waals surface area contributed by atoms with E-state index < -0.39 is 0 Å². The summed E-state index contributed by atoms with van der Waals surface area (Å²) in [6.45, 7) is 17.3. The fourth-order valence-corrected chi connectivity index (χ4v) is 13.8. The number of hydrogen-bond donors (Lipinski definition) is 0. The molecule has 0 saturated carbocycles. The van der Waals surface area contributed by atoms with E-state index in [0.717, 1.165) is 160 Å². The summed E-state index contributed by atoms with van der Waals surface area (Å²) in [6, 6.07) is 77.7. The maximum atomic E-state index is 13.2. The molecule has 11 aromatic carbocycles. The van der Waals surface area contributed by atoms with Crippen molar-refractivity contribution in [2.24, 2.45) is 0 Å². The SMILES string of the molecule is Cc1ccc2c(c1)c1cc(C)ccc1n2-c1c(C#N)c(-n2c3ccc(C)cc3c3cc(C)ccc32)c(-n2c3ccc(C)cc3c3cc(C)ccc32)c(-n2c3ccc(C)cc3c3cc(C)ccc32)c1-c1nc(-c2ccccc2)nc(-c2ccccc2)n1. The first-order chi connectivity index (χ1) is 41.9. The largest absolute Gasteiger partial charge is 0.307 e. The topological polar surface area (TPSA) is 82.2 Å². The number of nitriles is 1. The summed E-state index contributed by atoms with van der Waals surface area (Å²) < 4.78 is 9.68. The number of nitrogens with zero attached hydrogens (tertiary/aromatic N) is 8. The highest BCUT2D eigenvalue weighted by Crippen LogP contribution is 2.52. The van der Waals surface area contributed by atoms with Gasteiger partial charge in [-0.05, 0) is 152 Å². The minimum Gasteiger partial charge on any atom is -0.307 e. The maximum Gasteiger partial charge on any atom is 0.168 e. The Kier molecular flexibility index (Phi) is 11.3. The van der Waals surface area contributed by atoms with E-state index in [0.29, 0.717) is 34.3 Å². The van der Waals surface area contributed by atoms with E-state index in [1.807, 2.05) is 36.4 Å². The average molecular weight is 1110 g/mol. The third-order valence-electron chi connectivity index (χ3n) is 17.6. The van der Waals surface area contributed by atoms with Crippen molar-refractivity contribution in [2.75, 3.05) is 0 Å². The van der Waals surface area contributed by atoms with E-state index in [1.54, 1.807) is 0 Å². The van der Waals surface area contributed by atoms with E-state index in [9.17, 15) is 5.26 Å². The van der Waals surface area contributed by atoms with Crippen molar-refractivity contribution in [3.63, 3.8) is 0 Å². The maximum absolute atomic E-state index is 13.2. The van der Waals surface area contributed by atoms with Gasteiger partial charge >= 0.3 is 0 Å². The molecule has 8 heteroatoms. The fraction of sp³-hybridized carbons (Fsp3) is 0.103. The third kappa shape index (κ3) is 7.64. The fourth-order valence-electron chi connectivity index (χ4n) is 13.8. The Balaban J connectivity index is 1.28. The van der Waals surface area contributed by atoms with E-state index in [2.05, 4.69) is 250 Å². The van der Waals surface area contributed by atoms with Crippen LogP contribution in [0.4, 0.5) is 0 Å². The smallest absolute Gasteiger partial charge is 0.168 e. The van der Waals surface area contributed by atoms with E-state index in [1.165, 1.54) is 0 Å². The minimum absolute atomic E-state index is 0.413. The molecule has 0 aliphatic rings. The molecule has 0 amide bonds. The quantitative estimate of drug-likeness (QED) is 0.159. The highest BCUT2D eigenvalue weighted by atomic mass is 15.1. The molecule has 0 spiro atoms. The monoisotopic (exact) mass is 1110 g/mol. The van der Waals surface area contributed by atoms with Crippen LogP contribution >= 0.6 is 0 Å². The van der Waals surface area contributed by atoms with Crippen LogP contribution in [0.3, 0.4) is 0 Å². The van der Waals surface area contributed by atoms with Gasteiger partial charge in [0.25, 0.3) is 0 Å². The summed E-state index contributed by atoms with van der Waals surface area (Å²) in [5.41, 5.74) is 22.7. The second kappa shape index (κ2) is 19.1. The first kappa shape index (κ1) is 50.8. The van der Waals surface area contributed by atoms with E-state index in [-0.39, 0.29) is 0 Å². The van der Waals surface area contributed by atoms with Gasteiger partial charge in [-0.3, -0.25) is 0 Å². The number of hydrogen-bond acceptors (Lipinski definition) is 4. The normalized spacial score (nSPS) is 11.9. The van der Waals surface area contributed by atoms with Crippen molar-refractivity contribution in [3.8, 4) is 63.0 Å². The lowest BCUT2D eigenvalue weighted by molar-refractivity contribution is 1.01. The Bertz CT molecular complexity index is 5330. The molecule has 410 valence electrons. The molecule has 86 heavy (non-hydrogen) atoms. The van der Waals surface area contributed by atoms with Crippen LogP contribution in [0.2, 0.25) is 0 Å². The molecule has 0 atom stereocenters. The number of benzene rings is 11. The lowest BCUT2D eigenvalue weighted by Gasteiger charge is -2.29. The van der Waals surface area contributed by atoms with Crippen LogP contribution in [-0.4, -0.2) is 33.2 Å². The first-order valence-electron chi connectivity index (χ1n) is 29.5. The van der Waals surface area contributed by atoms with Gasteiger partial charge in [-0.1, -0.05) is 154 Å². The molecule has 16 aromatic rings. The average Bonchev–Trinajstić information content (AvgIpc) is 1.43. The summed E-state index contributed by atoms with van der Waals surface area (Å²) >= 11 is 0. The molecule has 0 fully saturated rings. The molecule has 0 aliphatic carbocycles. The van der Waals surface area contributed by atoms with Crippen LogP contribution in [0.1, 0.15) is 50.1 Å². The van der Waals surface area contributed by atoms with Crippen molar-refractivity contribution in [3.05, 3.63) is 256 Å². The van der Waals surface area contributed by atoms with Gasteiger partial charge < -0.3 is 18.3 Å². The van der Waals surface area contributed by atoms with Crippen LogP contribution in [0.5, 0.6) is 0 Å². The van der Waals surface area contributed by atoms with Crippen molar-refractivity contribution >= 4 is 87.2 Å². The van der Waals surface area contributed by atoms with Crippen molar-refractivity contribution in [1.82, 2.24) is 33.2 Å². The Labute approximate surface area is 497 Å². The van der Waals surface area contributed by atoms with Gasteiger partial charge in [0.05, 0.1) is 72.4 Å². The molecule has 0 bridgehead atoms. The molecule has 0 aliphatic heterocycles. The second-order valence-electron chi connectivity index (χ2n) is 23.8. The third-order valence-corrected chi connectivity index (χ3v) is 17.6. The zero-order valence-corrected chi connectivity index (χ0v) is 49.2. The summed E-state index contributed by atoms with van der Waals surface area (Å²) in [5, 5.41) is 22.0. The van der Waals surface area contributed by atoms with Crippen LogP contribution < -0.4 is 0 Å². The van der Waals surface area contributed by atoms with Gasteiger partial charge in [0.1, 0.15) is 11.6 Å². The van der Waals surface area contributed by atoms with Crippen molar-refractivity contribution < 1.29 is 0 Å². The first-order valence-corrected chi connectivity index (χ1v) is 29.5. The molecule has 8 nitrogen and oxygen atoms in total. The van der Waals surface area contributed by atoms with Crippen LogP contribution in [0.15, 0.2) is 206 Å². The molecule has 0 N–H and O–H groups in total. The number of rotatable bonds is 7. The van der Waals surface area contributed by atoms with Gasteiger partial charge in [-0.25, -0.2) is 15.0 Å². The van der Waals surface area contributed by atoms with Crippen molar-refractivity contribution in [2.45, 2.75) is 55.4 Å².